The summed E-state index contributed by atoms with van der Waals surface area (Å²) in [5.41, 5.74) is 9.76. The highest BCUT2D eigenvalue weighted by Crippen LogP contribution is 2.08. The Balaban J connectivity index is 2.63. The van der Waals surface area contributed by atoms with Gasteiger partial charge in [-0.2, -0.15) is 0 Å². The number of carbonyl (C=O) groups excluding carboxylic acids is 1. The fourth-order valence-corrected chi connectivity index (χ4v) is 1.26. The fourth-order valence-electron chi connectivity index (χ4n) is 1.26. The van der Waals surface area contributed by atoms with Crippen LogP contribution in [0.15, 0.2) is 35.5 Å². The van der Waals surface area contributed by atoms with Crippen molar-refractivity contribution in [2.45, 2.75) is 13.3 Å². The number of azide groups is 1. The summed E-state index contributed by atoms with van der Waals surface area (Å²) in [6, 6.07) is 7.41. The number of Topliss-reactive ketones (excluding diaryl/α,β-unsaturated/α-hetero) is 1. The second-order valence-corrected chi connectivity index (χ2v) is 3.33. The van der Waals surface area contributed by atoms with Gasteiger partial charge in [-0.15, -0.1) is 0 Å². The standard InChI is InChI=1S/C12H13N3O/c1-10(16)12-7-4-6-11(9-12)5-2-3-8-14-15-13/h2,4-7,9H,3,8H2,1H3. The molecule has 4 nitrogen and oxygen atoms in total. The second-order valence-electron chi connectivity index (χ2n) is 3.33. The van der Waals surface area contributed by atoms with Gasteiger partial charge in [0.05, 0.1) is 0 Å². The van der Waals surface area contributed by atoms with Gasteiger partial charge in [0.15, 0.2) is 5.78 Å². The normalized spacial score (nSPS) is 10.1. The van der Waals surface area contributed by atoms with Crippen molar-refractivity contribution in [1.82, 2.24) is 0 Å². The molecule has 4 heteroatoms. The monoisotopic (exact) mass is 215 g/mol. The molecular formula is C12H13N3O. The summed E-state index contributed by atoms with van der Waals surface area (Å²) in [7, 11) is 0. The average Bonchev–Trinajstić information content (AvgIpc) is 2.29. The topological polar surface area (TPSA) is 65.8 Å². The maximum atomic E-state index is 11.1. The van der Waals surface area contributed by atoms with Crippen molar-refractivity contribution in [3.63, 3.8) is 0 Å². The van der Waals surface area contributed by atoms with E-state index in [1.807, 2.05) is 30.4 Å². The molecule has 1 aromatic carbocycles. The molecule has 0 unspecified atom stereocenters. The van der Waals surface area contributed by atoms with Gasteiger partial charge in [0, 0.05) is 17.0 Å². The van der Waals surface area contributed by atoms with Crippen LogP contribution in [-0.2, 0) is 0 Å². The number of benzene rings is 1. The van der Waals surface area contributed by atoms with E-state index in [-0.39, 0.29) is 5.78 Å². The molecule has 0 aliphatic carbocycles. The molecule has 0 fully saturated rings. The minimum absolute atomic E-state index is 0.0596. The smallest absolute Gasteiger partial charge is 0.159 e. The highest BCUT2D eigenvalue weighted by Gasteiger charge is 1.97. The Morgan fingerprint density at radius 2 is 2.38 bits per heavy atom. The second kappa shape index (κ2) is 6.43. The summed E-state index contributed by atoms with van der Waals surface area (Å²) < 4.78 is 0. The molecule has 0 bridgehead atoms. The molecule has 0 aromatic heterocycles. The van der Waals surface area contributed by atoms with E-state index in [0.717, 1.165) is 5.56 Å². The van der Waals surface area contributed by atoms with E-state index in [2.05, 4.69) is 10.0 Å². The maximum absolute atomic E-state index is 11.1. The molecule has 0 radical (unpaired) electrons. The summed E-state index contributed by atoms with van der Waals surface area (Å²) >= 11 is 0. The van der Waals surface area contributed by atoms with E-state index in [1.54, 1.807) is 13.0 Å². The quantitative estimate of drug-likeness (QED) is 0.243. The first-order valence-corrected chi connectivity index (χ1v) is 5.02. The molecule has 16 heavy (non-hydrogen) atoms. The van der Waals surface area contributed by atoms with E-state index in [9.17, 15) is 4.79 Å². The van der Waals surface area contributed by atoms with E-state index in [0.29, 0.717) is 18.5 Å². The average molecular weight is 215 g/mol. The van der Waals surface area contributed by atoms with Crippen LogP contribution in [-0.4, -0.2) is 12.3 Å². The van der Waals surface area contributed by atoms with Crippen LogP contribution in [0.4, 0.5) is 0 Å². The first kappa shape index (κ1) is 12.0. The molecular weight excluding hydrogens is 202 g/mol. The van der Waals surface area contributed by atoms with Gasteiger partial charge in [0.25, 0.3) is 0 Å². The van der Waals surface area contributed by atoms with Crippen LogP contribution in [0.1, 0.15) is 29.3 Å². The molecule has 1 aromatic rings. The summed E-state index contributed by atoms with van der Waals surface area (Å²) in [5.74, 6) is 0.0596. The third-order valence-electron chi connectivity index (χ3n) is 2.06. The molecule has 0 N–H and O–H groups in total. The summed E-state index contributed by atoms with van der Waals surface area (Å²) in [6.07, 6.45) is 4.54. The number of hydrogen-bond acceptors (Lipinski definition) is 2. The van der Waals surface area contributed by atoms with Gasteiger partial charge >= 0.3 is 0 Å². The van der Waals surface area contributed by atoms with Gasteiger partial charge in [-0.1, -0.05) is 35.5 Å². The zero-order valence-corrected chi connectivity index (χ0v) is 9.13. The summed E-state index contributed by atoms with van der Waals surface area (Å²) in [6.45, 7) is 2.00. The molecule has 0 heterocycles. The van der Waals surface area contributed by atoms with Crippen LogP contribution in [0.2, 0.25) is 0 Å². The Kier molecular flexibility index (Phi) is 4.83. The summed E-state index contributed by atoms with van der Waals surface area (Å²) in [5, 5.41) is 3.42. The molecule has 0 aliphatic rings. The Morgan fingerprint density at radius 1 is 1.56 bits per heavy atom. The van der Waals surface area contributed by atoms with Crippen LogP contribution < -0.4 is 0 Å². The van der Waals surface area contributed by atoms with Crippen molar-refractivity contribution in [3.05, 3.63) is 51.9 Å². The fraction of sp³-hybridized carbons (Fsp3) is 0.250. The molecule has 82 valence electrons. The third kappa shape index (κ3) is 3.98. The van der Waals surface area contributed by atoms with Gasteiger partial charge in [-0.3, -0.25) is 4.79 Å². The molecule has 0 saturated heterocycles. The SMILES string of the molecule is CC(=O)c1cccc(C=CCCN=[N+]=[N-])c1. The Labute approximate surface area is 94.2 Å². The predicted molar refractivity (Wildman–Crippen MR) is 64.1 cm³/mol. The van der Waals surface area contributed by atoms with Gasteiger partial charge in [-0.05, 0) is 30.5 Å². The number of ketones is 1. The van der Waals surface area contributed by atoms with E-state index < -0.39 is 0 Å². The zero-order chi connectivity index (χ0) is 11.8. The van der Waals surface area contributed by atoms with Crippen LogP contribution in [0.5, 0.6) is 0 Å². The minimum Gasteiger partial charge on any atom is -0.295 e. The Hall–Kier alpha value is -2.06. The van der Waals surface area contributed by atoms with Crippen LogP contribution in [0.25, 0.3) is 16.5 Å². The van der Waals surface area contributed by atoms with E-state index in [1.165, 1.54) is 0 Å². The van der Waals surface area contributed by atoms with Crippen molar-refractivity contribution in [2.24, 2.45) is 5.11 Å². The van der Waals surface area contributed by atoms with Crippen molar-refractivity contribution in [1.29, 1.82) is 0 Å². The van der Waals surface area contributed by atoms with Gasteiger partial charge in [0.1, 0.15) is 0 Å². The number of nitrogens with zero attached hydrogens (tertiary/aromatic N) is 3. The van der Waals surface area contributed by atoms with E-state index >= 15 is 0 Å². The van der Waals surface area contributed by atoms with Gasteiger partial charge < -0.3 is 0 Å². The zero-order valence-electron chi connectivity index (χ0n) is 9.13. The van der Waals surface area contributed by atoms with Crippen molar-refractivity contribution in [2.75, 3.05) is 6.54 Å². The van der Waals surface area contributed by atoms with E-state index in [4.69, 9.17) is 5.53 Å². The highest BCUT2D eigenvalue weighted by atomic mass is 16.1. The van der Waals surface area contributed by atoms with Gasteiger partial charge in [0.2, 0.25) is 0 Å². The lowest BCUT2D eigenvalue weighted by Crippen LogP contribution is -1.91. The first-order valence-electron chi connectivity index (χ1n) is 5.02. The molecule has 0 aliphatic heterocycles. The minimum atomic E-state index is 0.0596. The van der Waals surface area contributed by atoms with Crippen molar-refractivity contribution in [3.8, 4) is 0 Å². The molecule has 0 amide bonds. The molecule has 0 saturated carbocycles. The molecule has 1 rings (SSSR count). The van der Waals surface area contributed by atoms with Crippen LogP contribution >= 0.6 is 0 Å². The molecule has 0 spiro atoms. The van der Waals surface area contributed by atoms with Crippen molar-refractivity contribution < 1.29 is 4.79 Å². The Bertz CT molecular complexity index is 445. The Morgan fingerprint density at radius 3 is 3.06 bits per heavy atom. The van der Waals surface area contributed by atoms with Gasteiger partial charge in [-0.25, -0.2) is 0 Å². The summed E-state index contributed by atoms with van der Waals surface area (Å²) in [4.78, 5) is 13.8. The molecule has 0 atom stereocenters. The lowest BCUT2D eigenvalue weighted by Gasteiger charge is -1.97. The largest absolute Gasteiger partial charge is 0.295 e. The first-order chi connectivity index (χ1) is 7.74. The highest BCUT2D eigenvalue weighted by molar-refractivity contribution is 5.94. The number of rotatable bonds is 5. The predicted octanol–water partition coefficient (Wildman–Crippen LogP) is 3.60. The lowest BCUT2D eigenvalue weighted by atomic mass is 10.1. The number of hydrogen-bond donors (Lipinski definition) is 0. The van der Waals surface area contributed by atoms with Crippen LogP contribution in [0, 0.1) is 0 Å². The third-order valence-corrected chi connectivity index (χ3v) is 2.06. The lowest BCUT2D eigenvalue weighted by molar-refractivity contribution is 0.101. The maximum Gasteiger partial charge on any atom is 0.159 e. The van der Waals surface area contributed by atoms with Crippen molar-refractivity contribution >= 4 is 11.9 Å². The number of carbonyl (C=O) groups is 1. The van der Waals surface area contributed by atoms with Crippen LogP contribution in [0.3, 0.4) is 0 Å².